The molecule has 1 rings (SSSR count). The van der Waals surface area contributed by atoms with Crippen molar-refractivity contribution in [2.24, 2.45) is 5.92 Å². The van der Waals surface area contributed by atoms with Crippen molar-refractivity contribution >= 4 is 0 Å². The summed E-state index contributed by atoms with van der Waals surface area (Å²) in [6, 6.07) is 0. The second-order valence-corrected chi connectivity index (χ2v) is 5.69. The molecule has 90 valence electrons. The molecule has 2 atom stereocenters. The van der Waals surface area contributed by atoms with E-state index in [9.17, 15) is 0 Å². The van der Waals surface area contributed by atoms with Gasteiger partial charge in [0, 0.05) is 6.42 Å². The van der Waals surface area contributed by atoms with Gasteiger partial charge in [0.1, 0.15) is 0 Å². The van der Waals surface area contributed by atoms with Gasteiger partial charge < -0.3 is 9.47 Å². The zero-order chi connectivity index (χ0) is 11.5. The fraction of sp³-hybridized carbons (Fsp3) is 1.00. The first-order chi connectivity index (χ1) is 6.93. The van der Waals surface area contributed by atoms with E-state index in [2.05, 4.69) is 34.6 Å². The first kappa shape index (κ1) is 13.0. The van der Waals surface area contributed by atoms with Gasteiger partial charge in [-0.05, 0) is 32.6 Å². The minimum atomic E-state index is -0.0162. The molecule has 0 aliphatic carbocycles. The van der Waals surface area contributed by atoms with E-state index >= 15 is 0 Å². The summed E-state index contributed by atoms with van der Waals surface area (Å²) in [4.78, 5) is 0. The summed E-state index contributed by atoms with van der Waals surface area (Å²) in [5.41, 5.74) is -0.0162. The maximum Gasteiger partial charge on any atom is 0.158 e. The molecule has 2 unspecified atom stereocenters. The van der Waals surface area contributed by atoms with Gasteiger partial charge in [0.15, 0.2) is 6.29 Å². The SMILES string of the molecule is CCCC1OC(CC(C)C)CC(C)(C)O1. The minimum absolute atomic E-state index is 0.0162. The molecule has 0 radical (unpaired) electrons. The maximum atomic E-state index is 5.95. The summed E-state index contributed by atoms with van der Waals surface area (Å²) in [6.07, 6.45) is 4.69. The zero-order valence-electron chi connectivity index (χ0n) is 10.9. The fourth-order valence-corrected chi connectivity index (χ4v) is 2.27. The third kappa shape index (κ3) is 4.52. The molecule has 1 aliphatic heterocycles. The van der Waals surface area contributed by atoms with Crippen molar-refractivity contribution in [3.63, 3.8) is 0 Å². The van der Waals surface area contributed by atoms with Crippen molar-refractivity contribution in [1.82, 2.24) is 0 Å². The average molecular weight is 214 g/mol. The molecular weight excluding hydrogens is 188 g/mol. The Labute approximate surface area is 94.3 Å². The highest BCUT2D eigenvalue weighted by Gasteiger charge is 2.34. The van der Waals surface area contributed by atoms with Crippen LogP contribution in [0.15, 0.2) is 0 Å². The quantitative estimate of drug-likeness (QED) is 0.709. The van der Waals surface area contributed by atoms with Gasteiger partial charge in [-0.25, -0.2) is 0 Å². The smallest absolute Gasteiger partial charge is 0.158 e. The lowest BCUT2D eigenvalue weighted by atomic mass is 9.93. The number of ether oxygens (including phenoxy) is 2. The molecule has 1 fully saturated rings. The van der Waals surface area contributed by atoms with Crippen molar-refractivity contribution in [1.29, 1.82) is 0 Å². The molecule has 2 heteroatoms. The molecule has 0 aromatic heterocycles. The Kier molecular flexibility index (Phi) is 4.60. The van der Waals surface area contributed by atoms with Crippen LogP contribution < -0.4 is 0 Å². The Morgan fingerprint density at radius 3 is 2.53 bits per heavy atom. The molecule has 0 bridgehead atoms. The molecule has 1 aliphatic rings. The van der Waals surface area contributed by atoms with Crippen LogP contribution in [0.25, 0.3) is 0 Å². The van der Waals surface area contributed by atoms with E-state index in [-0.39, 0.29) is 11.9 Å². The van der Waals surface area contributed by atoms with Gasteiger partial charge in [0.2, 0.25) is 0 Å². The van der Waals surface area contributed by atoms with Crippen LogP contribution in [-0.4, -0.2) is 18.0 Å². The fourth-order valence-electron chi connectivity index (χ4n) is 2.27. The van der Waals surface area contributed by atoms with Gasteiger partial charge in [-0.15, -0.1) is 0 Å². The molecule has 0 N–H and O–H groups in total. The van der Waals surface area contributed by atoms with Crippen molar-refractivity contribution in [3.05, 3.63) is 0 Å². The molecule has 0 aromatic rings. The summed E-state index contributed by atoms with van der Waals surface area (Å²) in [5.74, 6) is 0.700. The number of hydrogen-bond donors (Lipinski definition) is 0. The normalized spacial score (nSPS) is 30.8. The average Bonchev–Trinajstić information content (AvgIpc) is 1.99. The van der Waals surface area contributed by atoms with Crippen LogP contribution in [-0.2, 0) is 9.47 Å². The second kappa shape index (κ2) is 5.31. The van der Waals surface area contributed by atoms with Gasteiger partial charge in [-0.1, -0.05) is 27.2 Å². The van der Waals surface area contributed by atoms with Gasteiger partial charge in [-0.3, -0.25) is 0 Å². The summed E-state index contributed by atoms with van der Waals surface area (Å²) in [6.45, 7) is 11.0. The van der Waals surface area contributed by atoms with Crippen molar-refractivity contribution < 1.29 is 9.47 Å². The van der Waals surface area contributed by atoms with Crippen LogP contribution in [0.4, 0.5) is 0 Å². The van der Waals surface area contributed by atoms with Crippen molar-refractivity contribution in [3.8, 4) is 0 Å². The van der Waals surface area contributed by atoms with Crippen LogP contribution in [0.5, 0.6) is 0 Å². The van der Waals surface area contributed by atoms with Crippen LogP contribution in [0.1, 0.15) is 60.3 Å². The van der Waals surface area contributed by atoms with Gasteiger partial charge in [0.05, 0.1) is 11.7 Å². The Bertz CT molecular complexity index is 187. The molecule has 0 saturated carbocycles. The lowest BCUT2D eigenvalue weighted by Crippen LogP contribution is -2.44. The summed E-state index contributed by atoms with van der Waals surface area (Å²) in [7, 11) is 0. The molecule has 0 aromatic carbocycles. The van der Waals surface area contributed by atoms with Crippen LogP contribution >= 0.6 is 0 Å². The predicted molar refractivity (Wildman–Crippen MR) is 62.8 cm³/mol. The van der Waals surface area contributed by atoms with E-state index in [1.807, 2.05) is 0 Å². The van der Waals surface area contributed by atoms with E-state index in [0.717, 1.165) is 25.7 Å². The highest BCUT2D eigenvalue weighted by atomic mass is 16.7. The van der Waals surface area contributed by atoms with E-state index < -0.39 is 0 Å². The molecule has 0 amide bonds. The highest BCUT2D eigenvalue weighted by molar-refractivity contribution is 4.80. The Hall–Kier alpha value is -0.0800. The van der Waals surface area contributed by atoms with E-state index in [1.165, 1.54) is 0 Å². The zero-order valence-corrected chi connectivity index (χ0v) is 10.9. The Morgan fingerprint density at radius 2 is 2.00 bits per heavy atom. The molecule has 1 saturated heterocycles. The Morgan fingerprint density at radius 1 is 1.33 bits per heavy atom. The maximum absolute atomic E-state index is 5.95. The monoisotopic (exact) mass is 214 g/mol. The topological polar surface area (TPSA) is 18.5 Å². The first-order valence-corrected chi connectivity index (χ1v) is 6.26. The largest absolute Gasteiger partial charge is 0.349 e. The van der Waals surface area contributed by atoms with Crippen LogP contribution in [0.2, 0.25) is 0 Å². The Balaban J connectivity index is 2.51. The third-order valence-electron chi connectivity index (χ3n) is 2.77. The van der Waals surface area contributed by atoms with Gasteiger partial charge >= 0.3 is 0 Å². The second-order valence-electron chi connectivity index (χ2n) is 5.69. The lowest BCUT2D eigenvalue weighted by molar-refractivity contribution is -0.276. The lowest BCUT2D eigenvalue weighted by Gasteiger charge is -2.41. The van der Waals surface area contributed by atoms with E-state index in [1.54, 1.807) is 0 Å². The molecule has 2 nitrogen and oxygen atoms in total. The van der Waals surface area contributed by atoms with Crippen LogP contribution in [0.3, 0.4) is 0 Å². The first-order valence-electron chi connectivity index (χ1n) is 6.26. The minimum Gasteiger partial charge on any atom is -0.349 e. The number of rotatable bonds is 4. The van der Waals surface area contributed by atoms with Gasteiger partial charge in [0.25, 0.3) is 0 Å². The van der Waals surface area contributed by atoms with Gasteiger partial charge in [-0.2, -0.15) is 0 Å². The molecule has 1 heterocycles. The summed E-state index contributed by atoms with van der Waals surface area (Å²) < 4.78 is 11.9. The molecule has 15 heavy (non-hydrogen) atoms. The summed E-state index contributed by atoms with van der Waals surface area (Å²) >= 11 is 0. The van der Waals surface area contributed by atoms with E-state index in [0.29, 0.717) is 12.0 Å². The van der Waals surface area contributed by atoms with Crippen molar-refractivity contribution in [2.75, 3.05) is 0 Å². The summed E-state index contributed by atoms with van der Waals surface area (Å²) in [5, 5.41) is 0. The third-order valence-corrected chi connectivity index (χ3v) is 2.77. The van der Waals surface area contributed by atoms with Crippen molar-refractivity contribution in [2.45, 2.75) is 78.3 Å². The highest BCUT2D eigenvalue weighted by Crippen LogP contribution is 2.31. The predicted octanol–water partition coefficient (Wildman–Crippen LogP) is 3.74. The molecule has 0 spiro atoms. The number of hydrogen-bond acceptors (Lipinski definition) is 2. The van der Waals surface area contributed by atoms with E-state index in [4.69, 9.17) is 9.47 Å². The standard InChI is InChI=1S/C13H26O2/c1-6-7-12-14-11(8-10(2)3)9-13(4,5)15-12/h10-12H,6-9H2,1-5H3. The van der Waals surface area contributed by atoms with Crippen LogP contribution in [0, 0.1) is 5.92 Å². The molecular formula is C13H26O2.